The van der Waals surface area contributed by atoms with Crippen molar-refractivity contribution in [3.8, 4) is 6.07 Å². The second-order valence-corrected chi connectivity index (χ2v) is 6.33. The molecule has 1 atom stereocenters. The Balaban J connectivity index is 2.72. The van der Waals surface area contributed by atoms with Crippen LogP contribution in [0.1, 0.15) is 52.0 Å². The van der Waals surface area contributed by atoms with Gasteiger partial charge in [-0.05, 0) is 30.2 Å². The van der Waals surface area contributed by atoms with Crippen molar-refractivity contribution >= 4 is 17.4 Å². The van der Waals surface area contributed by atoms with Crippen LogP contribution < -0.4 is 5.32 Å². The molecular weight excluding hydrogens is 264 g/mol. The summed E-state index contributed by atoms with van der Waals surface area (Å²) in [4.78, 5) is 1.08. The zero-order valence-corrected chi connectivity index (χ0v) is 13.7. The predicted octanol–water partition coefficient (Wildman–Crippen LogP) is 5.30. The van der Waals surface area contributed by atoms with Crippen LogP contribution in [0.15, 0.2) is 23.1 Å². The van der Waals surface area contributed by atoms with Crippen molar-refractivity contribution < 1.29 is 0 Å². The average molecular weight is 290 g/mol. The van der Waals surface area contributed by atoms with E-state index in [1.54, 1.807) is 11.8 Å². The van der Waals surface area contributed by atoms with Gasteiger partial charge in [-0.3, -0.25) is 0 Å². The SMILES string of the molecule is CCCCC(CC)CNc1cccc(SCC)c1C#N. The number of benzene rings is 1. The standard InChI is InChI=1S/C17H26N2S/c1-4-7-9-14(5-2)13-19-16-10-8-11-17(20-6-3)15(16)12-18/h8,10-11,14,19H,4-7,9,13H2,1-3H3. The van der Waals surface area contributed by atoms with Crippen molar-refractivity contribution in [1.29, 1.82) is 5.26 Å². The number of hydrogen-bond donors (Lipinski definition) is 1. The fourth-order valence-electron chi connectivity index (χ4n) is 2.27. The van der Waals surface area contributed by atoms with Crippen LogP contribution in [0, 0.1) is 17.2 Å². The van der Waals surface area contributed by atoms with E-state index < -0.39 is 0 Å². The van der Waals surface area contributed by atoms with Crippen molar-refractivity contribution in [1.82, 2.24) is 0 Å². The highest BCUT2D eigenvalue weighted by Crippen LogP contribution is 2.28. The smallest absolute Gasteiger partial charge is 0.102 e. The molecule has 1 aromatic carbocycles. The molecule has 0 aliphatic heterocycles. The summed E-state index contributed by atoms with van der Waals surface area (Å²) in [5.74, 6) is 1.69. The molecule has 1 unspecified atom stereocenters. The Morgan fingerprint density at radius 1 is 1.30 bits per heavy atom. The van der Waals surface area contributed by atoms with Gasteiger partial charge in [0.2, 0.25) is 0 Å². The van der Waals surface area contributed by atoms with Gasteiger partial charge in [-0.15, -0.1) is 11.8 Å². The van der Waals surface area contributed by atoms with Crippen LogP contribution in [0.2, 0.25) is 0 Å². The van der Waals surface area contributed by atoms with E-state index in [-0.39, 0.29) is 0 Å². The number of nitrogens with one attached hydrogen (secondary N) is 1. The first-order chi connectivity index (χ1) is 9.76. The van der Waals surface area contributed by atoms with E-state index in [9.17, 15) is 5.26 Å². The minimum Gasteiger partial charge on any atom is -0.384 e. The van der Waals surface area contributed by atoms with Gasteiger partial charge < -0.3 is 5.32 Å². The van der Waals surface area contributed by atoms with Crippen LogP contribution in [0.25, 0.3) is 0 Å². The van der Waals surface area contributed by atoms with E-state index in [1.807, 2.05) is 18.2 Å². The molecule has 110 valence electrons. The zero-order valence-electron chi connectivity index (χ0n) is 12.9. The van der Waals surface area contributed by atoms with Crippen molar-refractivity contribution in [2.24, 2.45) is 5.92 Å². The van der Waals surface area contributed by atoms with Gasteiger partial charge >= 0.3 is 0 Å². The lowest BCUT2D eigenvalue weighted by atomic mass is 9.99. The molecule has 0 aliphatic rings. The van der Waals surface area contributed by atoms with Crippen LogP contribution in [-0.4, -0.2) is 12.3 Å². The summed E-state index contributed by atoms with van der Waals surface area (Å²) in [6.07, 6.45) is 5.00. The lowest BCUT2D eigenvalue weighted by Crippen LogP contribution is -2.14. The quantitative estimate of drug-likeness (QED) is 0.627. The monoisotopic (exact) mass is 290 g/mol. The number of anilines is 1. The Labute approximate surface area is 128 Å². The average Bonchev–Trinajstić information content (AvgIpc) is 2.48. The van der Waals surface area contributed by atoms with Crippen LogP contribution in [-0.2, 0) is 0 Å². The molecule has 1 N–H and O–H groups in total. The summed E-state index contributed by atoms with van der Waals surface area (Å²) in [5, 5.41) is 12.9. The van der Waals surface area contributed by atoms with Crippen molar-refractivity contribution in [2.45, 2.75) is 51.3 Å². The summed E-state index contributed by atoms with van der Waals surface area (Å²) in [5.41, 5.74) is 1.78. The summed E-state index contributed by atoms with van der Waals surface area (Å²) < 4.78 is 0. The van der Waals surface area contributed by atoms with Gasteiger partial charge in [0.05, 0.1) is 11.3 Å². The van der Waals surface area contributed by atoms with E-state index in [2.05, 4.69) is 32.2 Å². The summed E-state index contributed by atoms with van der Waals surface area (Å²) in [6.45, 7) is 7.56. The van der Waals surface area contributed by atoms with Gasteiger partial charge in [-0.2, -0.15) is 5.26 Å². The second-order valence-electron chi connectivity index (χ2n) is 5.02. The number of hydrogen-bond acceptors (Lipinski definition) is 3. The highest BCUT2D eigenvalue weighted by Gasteiger charge is 2.10. The van der Waals surface area contributed by atoms with Crippen molar-refractivity contribution in [3.63, 3.8) is 0 Å². The molecule has 0 saturated heterocycles. The minimum atomic E-state index is 0.698. The molecule has 0 radical (unpaired) electrons. The van der Waals surface area contributed by atoms with Crippen molar-refractivity contribution in [3.05, 3.63) is 23.8 Å². The Hall–Kier alpha value is -1.14. The van der Waals surface area contributed by atoms with E-state index in [1.165, 1.54) is 25.7 Å². The summed E-state index contributed by atoms with van der Waals surface area (Å²) in [6, 6.07) is 8.44. The maximum Gasteiger partial charge on any atom is 0.102 e. The molecule has 0 aliphatic carbocycles. The molecular formula is C17H26N2S. The molecule has 0 aromatic heterocycles. The van der Waals surface area contributed by atoms with Gasteiger partial charge in [-0.1, -0.05) is 46.1 Å². The topological polar surface area (TPSA) is 35.8 Å². The maximum atomic E-state index is 9.39. The third-order valence-electron chi connectivity index (χ3n) is 3.56. The first-order valence-corrected chi connectivity index (χ1v) is 8.65. The van der Waals surface area contributed by atoms with E-state index in [0.29, 0.717) is 5.92 Å². The predicted molar refractivity (Wildman–Crippen MR) is 89.4 cm³/mol. The molecule has 0 fully saturated rings. The lowest BCUT2D eigenvalue weighted by molar-refractivity contribution is 0.473. The molecule has 0 amide bonds. The highest BCUT2D eigenvalue weighted by molar-refractivity contribution is 7.99. The highest BCUT2D eigenvalue weighted by atomic mass is 32.2. The van der Waals surface area contributed by atoms with E-state index in [0.717, 1.165) is 28.4 Å². The molecule has 0 spiro atoms. The van der Waals surface area contributed by atoms with Crippen LogP contribution >= 0.6 is 11.8 Å². The summed E-state index contributed by atoms with van der Waals surface area (Å²) in [7, 11) is 0. The molecule has 1 rings (SSSR count). The fraction of sp³-hybridized carbons (Fsp3) is 0.588. The largest absolute Gasteiger partial charge is 0.384 e. The molecule has 0 heterocycles. The fourth-order valence-corrected chi connectivity index (χ4v) is 3.05. The Kier molecular flexibility index (Phi) is 8.22. The van der Waals surface area contributed by atoms with Crippen LogP contribution in [0.5, 0.6) is 0 Å². The first-order valence-electron chi connectivity index (χ1n) is 7.66. The summed E-state index contributed by atoms with van der Waals surface area (Å²) >= 11 is 1.73. The molecule has 1 aromatic rings. The van der Waals surface area contributed by atoms with Gasteiger partial charge in [0, 0.05) is 11.4 Å². The molecule has 0 saturated carbocycles. The minimum absolute atomic E-state index is 0.698. The number of nitriles is 1. The van der Waals surface area contributed by atoms with E-state index >= 15 is 0 Å². The third-order valence-corrected chi connectivity index (χ3v) is 4.50. The van der Waals surface area contributed by atoms with Gasteiger partial charge in [0.1, 0.15) is 6.07 Å². The maximum absolute atomic E-state index is 9.39. The van der Waals surface area contributed by atoms with Gasteiger partial charge in [0.15, 0.2) is 0 Å². The Morgan fingerprint density at radius 3 is 2.70 bits per heavy atom. The third kappa shape index (κ3) is 5.09. The zero-order chi connectivity index (χ0) is 14.8. The first kappa shape index (κ1) is 16.9. The normalized spacial score (nSPS) is 11.9. The molecule has 2 nitrogen and oxygen atoms in total. The second kappa shape index (κ2) is 9.72. The van der Waals surface area contributed by atoms with Crippen molar-refractivity contribution in [2.75, 3.05) is 17.6 Å². The molecule has 20 heavy (non-hydrogen) atoms. The number of nitrogens with zero attached hydrogens (tertiary/aromatic N) is 1. The lowest BCUT2D eigenvalue weighted by Gasteiger charge is -2.17. The molecule has 0 bridgehead atoms. The Morgan fingerprint density at radius 2 is 2.10 bits per heavy atom. The van der Waals surface area contributed by atoms with Gasteiger partial charge in [-0.25, -0.2) is 0 Å². The number of unbranched alkanes of at least 4 members (excludes halogenated alkanes) is 1. The Bertz CT molecular complexity index is 437. The number of rotatable bonds is 9. The number of thioether (sulfide) groups is 1. The molecule has 3 heteroatoms. The van der Waals surface area contributed by atoms with Crippen LogP contribution in [0.4, 0.5) is 5.69 Å². The van der Waals surface area contributed by atoms with E-state index in [4.69, 9.17) is 0 Å². The van der Waals surface area contributed by atoms with Crippen LogP contribution in [0.3, 0.4) is 0 Å². The van der Waals surface area contributed by atoms with Gasteiger partial charge in [0.25, 0.3) is 0 Å².